The number of fused-ring (bicyclic) bond motifs is 1. The fourth-order valence-electron chi connectivity index (χ4n) is 2.30. The minimum absolute atomic E-state index is 0.606. The van der Waals surface area contributed by atoms with E-state index >= 15 is 0 Å². The molecule has 0 bridgehead atoms. The molecule has 17 heavy (non-hydrogen) atoms. The van der Waals surface area contributed by atoms with Gasteiger partial charge in [0.05, 0.1) is 5.52 Å². The first-order valence-corrected chi connectivity index (χ1v) is 7.11. The van der Waals surface area contributed by atoms with Crippen LogP contribution >= 0.6 is 11.8 Å². The molecule has 0 amide bonds. The average Bonchev–Trinajstić information content (AvgIpc) is 2.75. The van der Waals surface area contributed by atoms with E-state index in [2.05, 4.69) is 53.3 Å². The van der Waals surface area contributed by atoms with Gasteiger partial charge in [0.25, 0.3) is 0 Å². The van der Waals surface area contributed by atoms with Crippen LogP contribution < -0.4 is 5.32 Å². The van der Waals surface area contributed by atoms with Crippen molar-refractivity contribution in [2.75, 3.05) is 11.1 Å². The van der Waals surface area contributed by atoms with Crippen LogP contribution in [0.5, 0.6) is 0 Å². The number of benzene rings is 1. The van der Waals surface area contributed by atoms with Crippen molar-refractivity contribution in [1.82, 2.24) is 4.98 Å². The van der Waals surface area contributed by atoms with Crippen molar-refractivity contribution in [3.63, 3.8) is 0 Å². The number of anilines is 1. The predicted molar refractivity (Wildman–Crippen MR) is 75.7 cm³/mol. The van der Waals surface area contributed by atoms with Gasteiger partial charge >= 0.3 is 0 Å². The van der Waals surface area contributed by atoms with E-state index in [0.29, 0.717) is 11.3 Å². The monoisotopic (exact) mass is 244 g/mol. The summed E-state index contributed by atoms with van der Waals surface area (Å²) in [6.07, 6.45) is 3.10. The molecular formula is C14H16N2S. The zero-order valence-electron chi connectivity index (χ0n) is 9.89. The molecule has 1 aliphatic heterocycles. The van der Waals surface area contributed by atoms with E-state index in [0.717, 1.165) is 5.52 Å². The number of hydrogen-bond donors (Lipinski definition) is 1. The zero-order chi connectivity index (χ0) is 11.7. The Morgan fingerprint density at radius 1 is 1.35 bits per heavy atom. The van der Waals surface area contributed by atoms with Gasteiger partial charge in [0.2, 0.25) is 0 Å². The fourth-order valence-corrected chi connectivity index (χ4v) is 3.50. The molecule has 3 heteroatoms. The lowest BCUT2D eigenvalue weighted by Gasteiger charge is -2.18. The number of hydrogen-bond acceptors (Lipinski definition) is 3. The first-order valence-electron chi connectivity index (χ1n) is 6.06. The molecule has 1 saturated heterocycles. The van der Waals surface area contributed by atoms with E-state index in [1.165, 1.54) is 23.2 Å². The molecule has 0 spiro atoms. The number of rotatable bonds is 2. The first kappa shape index (κ1) is 10.9. The molecule has 1 fully saturated rings. The summed E-state index contributed by atoms with van der Waals surface area (Å²) in [6, 6.07) is 11.1. The van der Waals surface area contributed by atoms with Gasteiger partial charge in [0.15, 0.2) is 0 Å². The van der Waals surface area contributed by atoms with E-state index in [9.17, 15) is 0 Å². The van der Waals surface area contributed by atoms with Crippen LogP contribution in [0.1, 0.15) is 13.3 Å². The molecule has 2 nitrogen and oxygen atoms in total. The molecule has 2 aromatic rings. The second-order valence-corrected chi connectivity index (χ2v) is 6.01. The molecule has 3 rings (SSSR count). The third-order valence-electron chi connectivity index (χ3n) is 3.33. The van der Waals surface area contributed by atoms with Gasteiger partial charge in [-0.2, -0.15) is 11.8 Å². The van der Waals surface area contributed by atoms with E-state index in [1.54, 1.807) is 0 Å². The second kappa shape index (κ2) is 4.57. The van der Waals surface area contributed by atoms with Gasteiger partial charge in [-0.25, -0.2) is 0 Å². The van der Waals surface area contributed by atoms with Gasteiger partial charge < -0.3 is 5.32 Å². The molecule has 2 heterocycles. The highest BCUT2D eigenvalue weighted by molar-refractivity contribution is 8.00. The fraction of sp³-hybridized carbons (Fsp3) is 0.357. The average molecular weight is 244 g/mol. The molecule has 1 aliphatic rings. The van der Waals surface area contributed by atoms with Crippen molar-refractivity contribution >= 4 is 28.4 Å². The Bertz CT molecular complexity index is 526. The maximum Gasteiger partial charge on any atom is 0.0703 e. The van der Waals surface area contributed by atoms with Crippen LogP contribution in [0.15, 0.2) is 36.5 Å². The van der Waals surface area contributed by atoms with Crippen molar-refractivity contribution in [3.8, 4) is 0 Å². The topological polar surface area (TPSA) is 24.9 Å². The van der Waals surface area contributed by atoms with Gasteiger partial charge in [0.1, 0.15) is 0 Å². The highest BCUT2D eigenvalue weighted by atomic mass is 32.2. The SMILES string of the molecule is CC1SCCC1Nc1ccc2ncccc2c1. The van der Waals surface area contributed by atoms with Crippen LogP contribution in [0.3, 0.4) is 0 Å². The summed E-state index contributed by atoms with van der Waals surface area (Å²) < 4.78 is 0. The Hall–Kier alpha value is -1.22. The molecule has 1 aromatic carbocycles. The van der Waals surface area contributed by atoms with E-state index < -0.39 is 0 Å². The highest BCUT2D eigenvalue weighted by Crippen LogP contribution is 2.29. The first-order chi connectivity index (χ1) is 8.33. The molecule has 0 radical (unpaired) electrons. The summed E-state index contributed by atoms with van der Waals surface area (Å²) in [4.78, 5) is 4.34. The normalized spacial score (nSPS) is 24.1. The summed E-state index contributed by atoms with van der Waals surface area (Å²) in [5, 5.41) is 5.55. The molecule has 2 unspecified atom stereocenters. The number of nitrogens with zero attached hydrogens (tertiary/aromatic N) is 1. The number of nitrogens with one attached hydrogen (secondary N) is 1. The zero-order valence-corrected chi connectivity index (χ0v) is 10.7. The van der Waals surface area contributed by atoms with Crippen molar-refractivity contribution in [2.45, 2.75) is 24.6 Å². The lowest BCUT2D eigenvalue weighted by atomic mass is 10.1. The van der Waals surface area contributed by atoms with Crippen molar-refractivity contribution in [3.05, 3.63) is 36.5 Å². The number of aromatic nitrogens is 1. The Kier molecular flexibility index (Phi) is 2.93. The van der Waals surface area contributed by atoms with Gasteiger partial charge in [-0.15, -0.1) is 0 Å². The molecule has 0 saturated carbocycles. The predicted octanol–water partition coefficient (Wildman–Crippen LogP) is 3.54. The van der Waals surface area contributed by atoms with Crippen LogP contribution in [0.2, 0.25) is 0 Å². The third kappa shape index (κ3) is 2.25. The Morgan fingerprint density at radius 2 is 2.29 bits per heavy atom. The third-order valence-corrected chi connectivity index (χ3v) is 4.66. The summed E-state index contributed by atoms with van der Waals surface area (Å²) in [6.45, 7) is 2.30. The van der Waals surface area contributed by atoms with Gasteiger partial charge in [0, 0.05) is 28.6 Å². The molecule has 1 aromatic heterocycles. The Labute approximate surface area is 106 Å². The van der Waals surface area contributed by atoms with Crippen LogP contribution in [-0.2, 0) is 0 Å². The second-order valence-electron chi connectivity index (χ2n) is 4.53. The molecular weight excluding hydrogens is 228 g/mol. The van der Waals surface area contributed by atoms with Crippen molar-refractivity contribution in [2.24, 2.45) is 0 Å². The minimum Gasteiger partial charge on any atom is -0.381 e. The largest absolute Gasteiger partial charge is 0.381 e. The maximum absolute atomic E-state index is 4.34. The van der Waals surface area contributed by atoms with Crippen molar-refractivity contribution in [1.29, 1.82) is 0 Å². The molecule has 88 valence electrons. The Balaban J connectivity index is 1.85. The van der Waals surface area contributed by atoms with Gasteiger partial charge in [-0.05, 0) is 36.4 Å². The summed E-state index contributed by atoms with van der Waals surface area (Å²) in [7, 11) is 0. The van der Waals surface area contributed by atoms with Crippen LogP contribution in [-0.4, -0.2) is 22.0 Å². The lowest BCUT2D eigenvalue weighted by molar-refractivity contribution is 0.724. The van der Waals surface area contributed by atoms with E-state index in [-0.39, 0.29) is 0 Å². The number of thioether (sulfide) groups is 1. The summed E-state index contributed by atoms with van der Waals surface area (Å²) in [5.41, 5.74) is 2.27. The molecule has 1 N–H and O–H groups in total. The quantitative estimate of drug-likeness (QED) is 0.874. The van der Waals surface area contributed by atoms with Crippen molar-refractivity contribution < 1.29 is 0 Å². The maximum atomic E-state index is 4.34. The lowest BCUT2D eigenvalue weighted by Crippen LogP contribution is -2.24. The highest BCUT2D eigenvalue weighted by Gasteiger charge is 2.23. The summed E-state index contributed by atoms with van der Waals surface area (Å²) >= 11 is 2.05. The molecule has 2 atom stereocenters. The number of pyridine rings is 1. The van der Waals surface area contributed by atoms with Gasteiger partial charge in [-0.3, -0.25) is 4.98 Å². The van der Waals surface area contributed by atoms with E-state index in [1.807, 2.05) is 12.3 Å². The standard InChI is InChI=1S/C14H16N2S/c1-10-13(6-8-17-10)16-12-4-5-14-11(9-12)3-2-7-15-14/h2-5,7,9-10,13,16H,6,8H2,1H3. The Morgan fingerprint density at radius 3 is 3.12 bits per heavy atom. The van der Waals surface area contributed by atoms with Crippen LogP contribution in [0, 0.1) is 0 Å². The minimum atomic E-state index is 0.606. The van der Waals surface area contributed by atoms with Crippen LogP contribution in [0.25, 0.3) is 10.9 Å². The molecule has 0 aliphatic carbocycles. The van der Waals surface area contributed by atoms with Crippen LogP contribution in [0.4, 0.5) is 5.69 Å². The van der Waals surface area contributed by atoms with Gasteiger partial charge in [-0.1, -0.05) is 13.0 Å². The van der Waals surface area contributed by atoms with E-state index in [4.69, 9.17) is 0 Å². The summed E-state index contributed by atoms with van der Waals surface area (Å²) in [5.74, 6) is 1.27. The smallest absolute Gasteiger partial charge is 0.0703 e.